The Morgan fingerprint density at radius 1 is 1.16 bits per heavy atom. The fraction of sp³-hybridized carbons (Fsp3) is 0.300. The van der Waals surface area contributed by atoms with Crippen LogP contribution in [-0.2, 0) is 22.1 Å². The first-order valence-electron chi connectivity index (χ1n) is 9.30. The van der Waals surface area contributed by atoms with Crippen molar-refractivity contribution in [1.29, 1.82) is 0 Å². The van der Waals surface area contributed by atoms with Crippen LogP contribution in [0.4, 0.5) is 13.2 Å². The van der Waals surface area contributed by atoms with E-state index in [1.54, 1.807) is 13.8 Å². The van der Waals surface area contributed by atoms with Crippen molar-refractivity contribution in [3.63, 3.8) is 0 Å². The number of hydrogen-bond acceptors (Lipinski definition) is 6. The molecule has 1 heterocycles. The Morgan fingerprint density at radius 2 is 1.84 bits per heavy atom. The molecule has 3 rings (SSSR count). The number of rotatable bonds is 7. The molecule has 2 aromatic carbocycles. The third-order valence-electron chi connectivity index (χ3n) is 4.58. The second-order valence-electron chi connectivity index (χ2n) is 7.02. The quantitative estimate of drug-likeness (QED) is 0.418. The fourth-order valence-electron chi connectivity index (χ4n) is 2.70. The molecule has 1 aromatic heterocycles. The van der Waals surface area contributed by atoms with Crippen LogP contribution in [0.5, 0.6) is 11.5 Å². The molecule has 7 nitrogen and oxygen atoms in total. The van der Waals surface area contributed by atoms with Crippen molar-refractivity contribution in [1.82, 2.24) is 14.4 Å². The summed E-state index contributed by atoms with van der Waals surface area (Å²) in [6.07, 6.45) is -4.80. The van der Waals surface area contributed by atoms with Crippen LogP contribution >= 0.6 is 11.6 Å². The summed E-state index contributed by atoms with van der Waals surface area (Å²) in [4.78, 5) is 3.66. The van der Waals surface area contributed by atoms with Crippen molar-refractivity contribution >= 4 is 21.6 Å². The van der Waals surface area contributed by atoms with Gasteiger partial charge in [-0.2, -0.15) is 22.5 Å². The van der Waals surface area contributed by atoms with E-state index in [0.717, 1.165) is 16.4 Å². The normalized spacial score (nSPS) is 12.5. The minimum Gasteiger partial charge on any atom is -0.455 e. The van der Waals surface area contributed by atoms with E-state index in [1.165, 1.54) is 37.4 Å². The van der Waals surface area contributed by atoms with Gasteiger partial charge in [-0.15, -0.1) is 11.6 Å². The van der Waals surface area contributed by atoms with Crippen LogP contribution in [0.2, 0.25) is 0 Å². The van der Waals surface area contributed by atoms with Gasteiger partial charge in [0.1, 0.15) is 22.3 Å². The molecular weight excluding hydrogens is 471 g/mol. The summed E-state index contributed by atoms with van der Waals surface area (Å²) >= 11 is 5.59. The standard InChI is InChI=1S/C20H19ClF3N3O4S/c1-12(2)27(3)32(28,29)17-7-5-4-6-16(17)30-15-9-8-13(10-14(15)20(22,23)24)19-25-18(11-21)31-26-19/h4-10,12H,11H2,1-3H3. The maximum absolute atomic E-state index is 13.8. The molecule has 172 valence electrons. The molecule has 0 saturated heterocycles. The van der Waals surface area contributed by atoms with Crippen molar-refractivity contribution in [3.8, 4) is 22.9 Å². The number of halogens is 4. The Labute approximate surface area is 187 Å². The molecule has 0 bridgehead atoms. The number of nitrogens with zero attached hydrogens (tertiary/aromatic N) is 3. The molecule has 0 radical (unpaired) electrons. The summed E-state index contributed by atoms with van der Waals surface area (Å²) in [6.45, 7) is 3.35. The van der Waals surface area contributed by atoms with Crippen LogP contribution in [0.25, 0.3) is 11.4 Å². The van der Waals surface area contributed by atoms with Crippen molar-refractivity contribution in [2.45, 2.75) is 36.8 Å². The molecule has 0 aliphatic heterocycles. The molecule has 0 atom stereocenters. The highest BCUT2D eigenvalue weighted by Crippen LogP contribution is 2.41. The molecule has 0 aliphatic rings. The lowest BCUT2D eigenvalue weighted by atomic mass is 10.1. The average Bonchev–Trinajstić information content (AvgIpc) is 3.22. The zero-order valence-corrected chi connectivity index (χ0v) is 18.8. The van der Waals surface area contributed by atoms with E-state index in [2.05, 4.69) is 10.1 Å². The van der Waals surface area contributed by atoms with Gasteiger partial charge in [0.2, 0.25) is 21.7 Å². The summed E-state index contributed by atoms with van der Waals surface area (Å²) in [5.74, 6) is -0.904. The predicted molar refractivity (Wildman–Crippen MR) is 111 cm³/mol. The smallest absolute Gasteiger partial charge is 0.420 e. The minimum absolute atomic E-state index is 0.0326. The van der Waals surface area contributed by atoms with E-state index in [9.17, 15) is 21.6 Å². The van der Waals surface area contributed by atoms with Crippen LogP contribution in [0.1, 0.15) is 25.3 Å². The highest BCUT2D eigenvalue weighted by atomic mass is 35.5. The zero-order valence-electron chi connectivity index (χ0n) is 17.2. The summed E-state index contributed by atoms with van der Waals surface area (Å²) in [5.41, 5.74) is -1.10. The summed E-state index contributed by atoms with van der Waals surface area (Å²) in [6, 6.07) is 8.32. The van der Waals surface area contributed by atoms with E-state index < -0.39 is 27.5 Å². The van der Waals surface area contributed by atoms with E-state index in [-0.39, 0.29) is 39.8 Å². The van der Waals surface area contributed by atoms with Crippen LogP contribution in [0, 0.1) is 0 Å². The maximum Gasteiger partial charge on any atom is 0.420 e. The van der Waals surface area contributed by atoms with E-state index in [4.69, 9.17) is 20.9 Å². The number of aromatic nitrogens is 2. The lowest BCUT2D eigenvalue weighted by molar-refractivity contribution is -0.138. The lowest BCUT2D eigenvalue weighted by Crippen LogP contribution is -2.33. The van der Waals surface area contributed by atoms with Crippen LogP contribution in [0.15, 0.2) is 51.9 Å². The Kier molecular flexibility index (Phi) is 6.82. The van der Waals surface area contributed by atoms with Gasteiger partial charge in [0, 0.05) is 18.7 Å². The number of alkyl halides is 4. The number of para-hydroxylation sites is 1. The van der Waals surface area contributed by atoms with Gasteiger partial charge in [-0.3, -0.25) is 0 Å². The molecule has 0 unspecified atom stereocenters. The van der Waals surface area contributed by atoms with E-state index in [1.807, 2.05) is 0 Å². The molecule has 0 amide bonds. The molecule has 0 saturated carbocycles. The van der Waals surface area contributed by atoms with Gasteiger partial charge < -0.3 is 9.26 Å². The minimum atomic E-state index is -4.80. The molecular formula is C20H19ClF3N3O4S. The number of benzene rings is 2. The molecule has 0 N–H and O–H groups in total. The predicted octanol–water partition coefficient (Wildman–Crippen LogP) is 5.32. The van der Waals surface area contributed by atoms with Crippen molar-refractivity contribution in [2.75, 3.05) is 7.05 Å². The van der Waals surface area contributed by atoms with E-state index >= 15 is 0 Å². The topological polar surface area (TPSA) is 85.5 Å². The first kappa shape index (κ1) is 24.0. The van der Waals surface area contributed by atoms with Gasteiger partial charge in [0.25, 0.3) is 0 Å². The van der Waals surface area contributed by atoms with Gasteiger partial charge >= 0.3 is 6.18 Å². The van der Waals surface area contributed by atoms with Crippen LogP contribution < -0.4 is 4.74 Å². The molecule has 0 fully saturated rings. The lowest BCUT2D eigenvalue weighted by Gasteiger charge is -2.23. The Balaban J connectivity index is 2.07. The highest BCUT2D eigenvalue weighted by molar-refractivity contribution is 7.89. The van der Waals surface area contributed by atoms with Crippen molar-refractivity contribution in [3.05, 3.63) is 53.9 Å². The number of ether oxygens (including phenoxy) is 1. The first-order valence-corrected chi connectivity index (χ1v) is 11.3. The molecule has 12 heteroatoms. The number of sulfonamides is 1. The number of hydrogen-bond donors (Lipinski definition) is 0. The van der Waals surface area contributed by atoms with Crippen molar-refractivity contribution in [2.24, 2.45) is 0 Å². The summed E-state index contributed by atoms with van der Waals surface area (Å²) in [7, 11) is -2.62. The Morgan fingerprint density at radius 3 is 2.44 bits per heavy atom. The van der Waals surface area contributed by atoms with Gasteiger partial charge in [0.15, 0.2) is 0 Å². The van der Waals surface area contributed by atoms with Crippen LogP contribution in [0.3, 0.4) is 0 Å². The van der Waals surface area contributed by atoms with Gasteiger partial charge in [-0.25, -0.2) is 8.42 Å². The SMILES string of the molecule is CC(C)N(C)S(=O)(=O)c1ccccc1Oc1ccc(-c2noc(CCl)n2)cc1C(F)(F)F. The Bertz CT molecular complexity index is 1210. The zero-order chi connectivity index (χ0) is 23.7. The highest BCUT2D eigenvalue weighted by Gasteiger charge is 2.36. The maximum atomic E-state index is 13.8. The van der Waals surface area contributed by atoms with Gasteiger partial charge in [-0.1, -0.05) is 17.3 Å². The average molecular weight is 490 g/mol. The summed E-state index contributed by atoms with van der Waals surface area (Å²) < 4.78 is 78.7. The molecule has 0 aliphatic carbocycles. The Hall–Kier alpha value is -2.63. The largest absolute Gasteiger partial charge is 0.455 e. The molecule has 3 aromatic rings. The van der Waals surface area contributed by atoms with Gasteiger partial charge in [-0.05, 0) is 44.2 Å². The third kappa shape index (κ3) is 4.89. The van der Waals surface area contributed by atoms with Crippen molar-refractivity contribution < 1.29 is 30.8 Å². The fourth-order valence-corrected chi connectivity index (χ4v) is 4.29. The second-order valence-corrected chi connectivity index (χ2v) is 9.25. The third-order valence-corrected chi connectivity index (χ3v) is 6.88. The molecule has 0 spiro atoms. The summed E-state index contributed by atoms with van der Waals surface area (Å²) in [5, 5.41) is 3.61. The van der Waals surface area contributed by atoms with E-state index in [0.29, 0.717) is 0 Å². The first-order chi connectivity index (χ1) is 14.9. The van der Waals surface area contributed by atoms with Crippen LogP contribution in [-0.4, -0.2) is 36.0 Å². The van der Waals surface area contributed by atoms with Gasteiger partial charge in [0.05, 0.1) is 5.56 Å². The molecule has 32 heavy (non-hydrogen) atoms. The monoisotopic (exact) mass is 489 g/mol. The second kappa shape index (κ2) is 9.08.